The predicted molar refractivity (Wildman–Crippen MR) is 59.9 cm³/mol. The summed E-state index contributed by atoms with van der Waals surface area (Å²) in [4.78, 5) is 17.8. The van der Waals surface area contributed by atoms with Crippen LogP contribution in [0.2, 0.25) is 0 Å². The minimum atomic E-state index is -0.836. The maximum atomic E-state index is 10.5. The van der Waals surface area contributed by atoms with Crippen molar-refractivity contribution in [3.8, 4) is 0 Å². The maximum Gasteiger partial charge on any atom is 0.303 e. The van der Waals surface area contributed by atoms with Gasteiger partial charge in [-0.2, -0.15) is 0 Å². The number of nitrogens with one attached hydrogen (secondary N) is 1. The van der Waals surface area contributed by atoms with Gasteiger partial charge < -0.3 is 15.8 Å². The van der Waals surface area contributed by atoms with Gasteiger partial charge in [0.1, 0.15) is 0 Å². The number of fused-ring (bicyclic) bond motifs is 1. The molecule has 2 heterocycles. The van der Waals surface area contributed by atoms with Gasteiger partial charge in [0.05, 0.1) is 5.69 Å². The van der Waals surface area contributed by atoms with Gasteiger partial charge in [0.2, 0.25) is 0 Å². The van der Waals surface area contributed by atoms with Crippen LogP contribution in [0.3, 0.4) is 0 Å². The molecule has 2 aromatic rings. The predicted octanol–water partition coefficient (Wildman–Crippen LogP) is 1.43. The Morgan fingerprint density at radius 2 is 2.38 bits per heavy atom. The second kappa shape index (κ2) is 4.32. The maximum absolute atomic E-state index is 10.5. The highest BCUT2D eigenvalue weighted by Gasteiger charge is 2.13. The fraction of sp³-hybridized carbons (Fsp3) is 0.273. The summed E-state index contributed by atoms with van der Waals surface area (Å²) in [6.07, 6.45) is 3.95. The van der Waals surface area contributed by atoms with Gasteiger partial charge in [-0.05, 0) is 18.6 Å². The first-order valence-electron chi connectivity index (χ1n) is 5.08. The summed E-state index contributed by atoms with van der Waals surface area (Å²) in [6, 6.07) is 3.43. The van der Waals surface area contributed by atoms with E-state index < -0.39 is 5.97 Å². The number of hydrogen-bond acceptors (Lipinski definition) is 3. The Morgan fingerprint density at radius 3 is 3.12 bits per heavy atom. The molecule has 84 valence electrons. The third kappa shape index (κ3) is 2.04. The van der Waals surface area contributed by atoms with E-state index in [9.17, 15) is 4.79 Å². The molecule has 0 saturated carbocycles. The van der Waals surface area contributed by atoms with Crippen molar-refractivity contribution in [2.75, 3.05) is 0 Å². The van der Waals surface area contributed by atoms with Crippen molar-refractivity contribution >= 4 is 16.9 Å². The van der Waals surface area contributed by atoms with Crippen LogP contribution < -0.4 is 5.73 Å². The van der Waals surface area contributed by atoms with E-state index in [1.54, 1.807) is 6.20 Å². The normalized spacial score (nSPS) is 12.8. The zero-order valence-corrected chi connectivity index (χ0v) is 8.68. The molecule has 0 radical (unpaired) electrons. The van der Waals surface area contributed by atoms with Crippen molar-refractivity contribution in [3.63, 3.8) is 0 Å². The first-order valence-corrected chi connectivity index (χ1v) is 5.08. The number of carbonyl (C=O) groups is 1. The molecule has 0 amide bonds. The fourth-order valence-corrected chi connectivity index (χ4v) is 1.72. The molecule has 0 aliphatic rings. The topological polar surface area (TPSA) is 92.0 Å². The second-order valence-electron chi connectivity index (χ2n) is 3.67. The molecule has 4 N–H and O–H groups in total. The molecular formula is C11H13N3O2. The van der Waals surface area contributed by atoms with Crippen LogP contribution in [0, 0.1) is 0 Å². The number of nitrogens with two attached hydrogens (primary N) is 1. The number of pyridine rings is 1. The van der Waals surface area contributed by atoms with Crippen LogP contribution in [0.5, 0.6) is 0 Å². The summed E-state index contributed by atoms with van der Waals surface area (Å²) in [5.41, 5.74) is 7.65. The number of hydrogen-bond donors (Lipinski definition) is 3. The van der Waals surface area contributed by atoms with Gasteiger partial charge in [-0.25, -0.2) is 0 Å². The molecule has 5 heteroatoms. The molecule has 0 unspecified atom stereocenters. The molecule has 1 atom stereocenters. The highest BCUT2D eigenvalue weighted by Crippen LogP contribution is 2.22. The van der Waals surface area contributed by atoms with E-state index in [-0.39, 0.29) is 12.5 Å². The van der Waals surface area contributed by atoms with Crippen molar-refractivity contribution in [1.29, 1.82) is 0 Å². The highest BCUT2D eigenvalue weighted by atomic mass is 16.4. The van der Waals surface area contributed by atoms with Crippen LogP contribution in [0.1, 0.15) is 24.6 Å². The molecule has 0 saturated heterocycles. The molecule has 0 aliphatic carbocycles. The summed E-state index contributed by atoms with van der Waals surface area (Å²) in [5, 5.41) is 9.56. The van der Waals surface area contributed by atoms with E-state index in [4.69, 9.17) is 10.8 Å². The number of rotatable bonds is 4. The van der Waals surface area contributed by atoms with Gasteiger partial charge in [0.25, 0.3) is 0 Å². The lowest BCUT2D eigenvalue weighted by Gasteiger charge is -2.10. The van der Waals surface area contributed by atoms with E-state index in [2.05, 4.69) is 9.97 Å². The second-order valence-corrected chi connectivity index (χ2v) is 3.67. The van der Waals surface area contributed by atoms with Crippen molar-refractivity contribution in [3.05, 3.63) is 30.2 Å². The summed E-state index contributed by atoms with van der Waals surface area (Å²) >= 11 is 0. The molecular weight excluding hydrogens is 206 g/mol. The molecule has 0 aromatic carbocycles. The Morgan fingerprint density at radius 1 is 1.56 bits per heavy atom. The number of H-pyrrole nitrogens is 1. The number of aromatic amines is 1. The minimum Gasteiger partial charge on any atom is -0.481 e. The van der Waals surface area contributed by atoms with Crippen LogP contribution in [-0.4, -0.2) is 21.0 Å². The minimum absolute atomic E-state index is 0.0592. The SMILES string of the molecule is N[C@@H](CCC(=O)O)c1nccc2[nH]ccc12. The number of carboxylic acid groups (broad SMARTS) is 1. The summed E-state index contributed by atoms with van der Waals surface area (Å²) in [7, 11) is 0. The van der Waals surface area contributed by atoms with E-state index in [1.165, 1.54) is 0 Å². The van der Waals surface area contributed by atoms with Crippen LogP contribution in [0.15, 0.2) is 24.5 Å². The smallest absolute Gasteiger partial charge is 0.303 e. The molecule has 2 aromatic heterocycles. The number of carboxylic acids is 1. The monoisotopic (exact) mass is 219 g/mol. The highest BCUT2D eigenvalue weighted by molar-refractivity contribution is 5.81. The van der Waals surface area contributed by atoms with Crippen LogP contribution in [-0.2, 0) is 4.79 Å². The van der Waals surface area contributed by atoms with Crippen molar-refractivity contribution in [2.24, 2.45) is 5.73 Å². The van der Waals surface area contributed by atoms with Gasteiger partial charge in [-0.3, -0.25) is 9.78 Å². The number of nitrogens with zero attached hydrogens (tertiary/aromatic N) is 1. The van der Waals surface area contributed by atoms with E-state index in [0.717, 1.165) is 16.6 Å². The van der Waals surface area contributed by atoms with Gasteiger partial charge >= 0.3 is 5.97 Å². The average molecular weight is 219 g/mol. The number of aromatic nitrogens is 2. The zero-order valence-electron chi connectivity index (χ0n) is 8.68. The molecule has 2 rings (SSSR count). The lowest BCUT2D eigenvalue weighted by molar-refractivity contribution is -0.137. The van der Waals surface area contributed by atoms with Gasteiger partial charge in [0, 0.05) is 35.8 Å². The van der Waals surface area contributed by atoms with Crippen LogP contribution in [0.25, 0.3) is 10.9 Å². The summed E-state index contributed by atoms with van der Waals surface area (Å²) < 4.78 is 0. The molecule has 0 bridgehead atoms. The van der Waals surface area contributed by atoms with Crippen LogP contribution in [0.4, 0.5) is 0 Å². The summed E-state index contributed by atoms with van der Waals surface area (Å²) in [6.45, 7) is 0. The Labute approximate surface area is 92.3 Å². The molecule has 16 heavy (non-hydrogen) atoms. The van der Waals surface area contributed by atoms with Gasteiger partial charge in [0.15, 0.2) is 0 Å². The van der Waals surface area contributed by atoms with Crippen molar-refractivity contribution in [2.45, 2.75) is 18.9 Å². The third-order valence-electron chi connectivity index (χ3n) is 2.53. The van der Waals surface area contributed by atoms with Crippen LogP contribution >= 0.6 is 0 Å². The van der Waals surface area contributed by atoms with Gasteiger partial charge in [-0.15, -0.1) is 0 Å². The lowest BCUT2D eigenvalue weighted by Crippen LogP contribution is -2.14. The third-order valence-corrected chi connectivity index (χ3v) is 2.53. The van der Waals surface area contributed by atoms with Crippen molar-refractivity contribution in [1.82, 2.24) is 9.97 Å². The van der Waals surface area contributed by atoms with E-state index in [1.807, 2.05) is 18.3 Å². The molecule has 0 fully saturated rings. The Balaban J connectivity index is 2.25. The molecule has 5 nitrogen and oxygen atoms in total. The van der Waals surface area contributed by atoms with E-state index in [0.29, 0.717) is 6.42 Å². The van der Waals surface area contributed by atoms with Crippen molar-refractivity contribution < 1.29 is 9.90 Å². The Hall–Kier alpha value is -1.88. The zero-order chi connectivity index (χ0) is 11.5. The first-order chi connectivity index (χ1) is 7.68. The summed E-state index contributed by atoms with van der Waals surface area (Å²) in [5.74, 6) is -0.836. The quantitative estimate of drug-likeness (QED) is 0.725. The standard InChI is InChI=1S/C11H13N3O2/c12-8(1-2-10(15)16)11-7-3-5-13-9(7)4-6-14-11/h3-6,8,13H,1-2,12H2,(H,15,16)/t8-/m0/s1. The average Bonchev–Trinajstić information content (AvgIpc) is 2.73. The number of aliphatic carboxylic acids is 1. The molecule has 0 spiro atoms. The lowest BCUT2D eigenvalue weighted by atomic mass is 10.1. The Kier molecular flexibility index (Phi) is 2.87. The largest absolute Gasteiger partial charge is 0.481 e. The van der Waals surface area contributed by atoms with E-state index >= 15 is 0 Å². The molecule has 0 aliphatic heterocycles. The van der Waals surface area contributed by atoms with Gasteiger partial charge in [-0.1, -0.05) is 0 Å². The fourth-order valence-electron chi connectivity index (χ4n) is 1.72. The first kappa shape index (κ1) is 10.6. The Bertz CT molecular complexity index is 507.